The number of rotatable bonds is 8. The highest BCUT2D eigenvalue weighted by molar-refractivity contribution is 6.30. The number of ether oxygens (including phenoxy) is 1. The summed E-state index contributed by atoms with van der Waals surface area (Å²) in [6.45, 7) is 1.20. The first-order chi connectivity index (χ1) is 11.1. The summed E-state index contributed by atoms with van der Waals surface area (Å²) in [5.74, 6) is 0.306. The third-order valence-corrected chi connectivity index (χ3v) is 3.23. The van der Waals surface area contributed by atoms with Crippen molar-refractivity contribution in [1.82, 2.24) is 9.97 Å². The Bertz CT molecular complexity index is 666. The fraction of sp³-hybridized carbons (Fsp3) is 0.286. The second kappa shape index (κ2) is 8.25. The lowest BCUT2D eigenvalue weighted by atomic mass is 10.2. The fourth-order valence-electron chi connectivity index (χ4n) is 1.87. The zero-order chi connectivity index (χ0) is 16.7. The van der Waals surface area contributed by atoms with Gasteiger partial charge < -0.3 is 15.4 Å². The molecule has 0 aliphatic heterocycles. The monoisotopic (exact) mass is 337 g/mol. The molecular formula is C14H16ClN5O3. The second-order valence-electron chi connectivity index (χ2n) is 4.58. The van der Waals surface area contributed by atoms with Gasteiger partial charge in [-0.05, 0) is 17.7 Å². The lowest BCUT2D eigenvalue weighted by Crippen LogP contribution is -2.13. The minimum Gasteiger partial charge on any atom is -0.383 e. The zero-order valence-corrected chi connectivity index (χ0v) is 13.2. The van der Waals surface area contributed by atoms with Crippen LogP contribution in [0.1, 0.15) is 5.56 Å². The molecule has 0 saturated heterocycles. The van der Waals surface area contributed by atoms with Gasteiger partial charge >= 0.3 is 5.69 Å². The molecule has 1 aromatic heterocycles. The van der Waals surface area contributed by atoms with Gasteiger partial charge in [0.05, 0.1) is 11.5 Å². The van der Waals surface area contributed by atoms with E-state index in [1.807, 2.05) is 12.1 Å². The maximum absolute atomic E-state index is 11.3. The van der Waals surface area contributed by atoms with E-state index in [-0.39, 0.29) is 17.3 Å². The number of methoxy groups -OCH3 is 1. The number of anilines is 2. The van der Waals surface area contributed by atoms with E-state index in [1.54, 1.807) is 19.2 Å². The summed E-state index contributed by atoms with van der Waals surface area (Å²) in [7, 11) is 1.55. The zero-order valence-electron chi connectivity index (χ0n) is 12.5. The first-order valence-electron chi connectivity index (χ1n) is 6.82. The van der Waals surface area contributed by atoms with Crippen LogP contribution in [0.25, 0.3) is 0 Å². The molecule has 0 radical (unpaired) electrons. The molecule has 8 nitrogen and oxygen atoms in total. The largest absolute Gasteiger partial charge is 0.383 e. The standard InChI is InChI=1S/C14H16ClN5O3/c1-23-7-6-16-13-12(20(21)22)14(19-9-18-13)17-8-10-2-4-11(15)5-3-10/h2-5,9H,6-8H2,1H3,(H2,16,17,18,19). The Labute approximate surface area is 138 Å². The number of hydrogen-bond acceptors (Lipinski definition) is 7. The molecule has 2 N–H and O–H groups in total. The van der Waals surface area contributed by atoms with Crippen molar-refractivity contribution in [2.45, 2.75) is 6.54 Å². The Balaban J connectivity index is 2.15. The van der Waals surface area contributed by atoms with Crippen LogP contribution in [-0.2, 0) is 11.3 Å². The smallest absolute Gasteiger partial charge is 0.353 e. The van der Waals surface area contributed by atoms with Crippen LogP contribution in [0, 0.1) is 10.1 Å². The highest BCUT2D eigenvalue weighted by Crippen LogP contribution is 2.29. The Kier molecular flexibility index (Phi) is 6.07. The molecule has 122 valence electrons. The first-order valence-corrected chi connectivity index (χ1v) is 7.20. The maximum Gasteiger partial charge on any atom is 0.353 e. The average molecular weight is 338 g/mol. The number of benzene rings is 1. The van der Waals surface area contributed by atoms with Crippen LogP contribution in [0.3, 0.4) is 0 Å². The van der Waals surface area contributed by atoms with Crippen molar-refractivity contribution in [3.63, 3.8) is 0 Å². The van der Waals surface area contributed by atoms with Crippen LogP contribution in [0.2, 0.25) is 5.02 Å². The van der Waals surface area contributed by atoms with E-state index in [4.69, 9.17) is 16.3 Å². The third-order valence-electron chi connectivity index (χ3n) is 2.98. The molecule has 0 amide bonds. The van der Waals surface area contributed by atoms with Crippen molar-refractivity contribution in [3.05, 3.63) is 51.3 Å². The summed E-state index contributed by atoms with van der Waals surface area (Å²) >= 11 is 5.83. The minimum absolute atomic E-state index is 0.153. The molecule has 1 heterocycles. The number of halogens is 1. The van der Waals surface area contributed by atoms with Gasteiger partial charge in [-0.3, -0.25) is 10.1 Å². The van der Waals surface area contributed by atoms with Crippen LogP contribution in [0.4, 0.5) is 17.3 Å². The molecule has 9 heteroatoms. The summed E-state index contributed by atoms with van der Waals surface area (Å²) in [4.78, 5) is 18.7. The van der Waals surface area contributed by atoms with Crippen molar-refractivity contribution in [1.29, 1.82) is 0 Å². The van der Waals surface area contributed by atoms with Gasteiger partial charge in [0, 0.05) is 25.2 Å². The Morgan fingerprint density at radius 1 is 1.22 bits per heavy atom. The molecule has 2 aromatic rings. The van der Waals surface area contributed by atoms with E-state index in [1.165, 1.54) is 6.33 Å². The molecule has 0 aliphatic rings. The van der Waals surface area contributed by atoms with Gasteiger partial charge in [0.25, 0.3) is 0 Å². The Hall–Kier alpha value is -2.45. The summed E-state index contributed by atoms with van der Waals surface area (Å²) in [6.07, 6.45) is 1.27. The quantitative estimate of drug-likeness (QED) is 0.433. The number of nitrogens with one attached hydrogen (secondary N) is 2. The molecule has 0 unspecified atom stereocenters. The number of hydrogen-bond donors (Lipinski definition) is 2. The van der Waals surface area contributed by atoms with Crippen molar-refractivity contribution < 1.29 is 9.66 Å². The van der Waals surface area contributed by atoms with E-state index in [0.717, 1.165) is 5.56 Å². The van der Waals surface area contributed by atoms with Crippen LogP contribution in [-0.4, -0.2) is 35.2 Å². The predicted molar refractivity (Wildman–Crippen MR) is 87.8 cm³/mol. The summed E-state index contributed by atoms with van der Waals surface area (Å²) in [5.41, 5.74) is 0.730. The van der Waals surface area contributed by atoms with E-state index in [0.29, 0.717) is 24.7 Å². The predicted octanol–water partition coefficient (Wildman–Crippen LogP) is 2.71. The molecule has 0 atom stereocenters. The normalized spacial score (nSPS) is 10.3. The summed E-state index contributed by atoms with van der Waals surface area (Å²) in [6, 6.07) is 7.18. The van der Waals surface area contributed by atoms with Gasteiger partial charge in [0.1, 0.15) is 6.33 Å². The Morgan fingerprint density at radius 3 is 2.48 bits per heavy atom. The number of nitrogens with zero attached hydrogens (tertiary/aromatic N) is 3. The van der Waals surface area contributed by atoms with Gasteiger partial charge in [-0.25, -0.2) is 9.97 Å². The Morgan fingerprint density at radius 2 is 1.87 bits per heavy atom. The van der Waals surface area contributed by atoms with E-state index in [9.17, 15) is 10.1 Å². The number of nitro groups is 1. The lowest BCUT2D eigenvalue weighted by Gasteiger charge is -2.10. The van der Waals surface area contributed by atoms with E-state index >= 15 is 0 Å². The average Bonchev–Trinajstić information content (AvgIpc) is 2.54. The van der Waals surface area contributed by atoms with Crippen LogP contribution in [0.15, 0.2) is 30.6 Å². The van der Waals surface area contributed by atoms with Crippen molar-refractivity contribution >= 4 is 28.9 Å². The van der Waals surface area contributed by atoms with Gasteiger partial charge in [0.15, 0.2) is 0 Å². The maximum atomic E-state index is 11.3. The highest BCUT2D eigenvalue weighted by Gasteiger charge is 2.22. The van der Waals surface area contributed by atoms with Crippen LogP contribution < -0.4 is 10.6 Å². The summed E-state index contributed by atoms with van der Waals surface area (Å²) < 4.78 is 4.91. The molecule has 1 aromatic carbocycles. The topological polar surface area (TPSA) is 102 Å². The minimum atomic E-state index is -0.515. The lowest BCUT2D eigenvalue weighted by molar-refractivity contribution is -0.383. The first kappa shape index (κ1) is 16.9. The second-order valence-corrected chi connectivity index (χ2v) is 5.01. The molecule has 0 spiro atoms. The van der Waals surface area contributed by atoms with Crippen molar-refractivity contribution in [3.8, 4) is 0 Å². The molecule has 0 fully saturated rings. The van der Waals surface area contributed by atoms with Gasteiger partial charge in [-0.1, -0.05) is 23.7 Å². The van der Waals surface area contributed by atoms with Crippen molar-refractivity contribution in [2.24, 2.45) is 0 Å². The molecule has 0 saturated carbocycles. The van der Waals surface area contributed by atoms with E-state index in [2.05, 4.69) is 20.6 Å². The summed E-state index contributed by atoms with van der Waals surface area (Å²) in [5, 5.41) is 17.8. The van der Waals surface area contributed by atoms with Crippen LogP contribution >= 0.6 is 11.6 Å². The van der Waals surface area contributed by atoms with Gasteiger partial charge in [0.2, 0.25) is 11.6 Å². The molecular weight excluding hydrogens is 322 g/mol. The van der Waals surface area contributed by atoms with Gasteiger partial charge in [-0.15, -0.1) is 0 Å². The van der Waals surface area contributed by atoms with Gasteiger partial charge in [-0.2, -0.15) is 0 Å². The van der Waals surface area contributed by atoms with E-state index < -0.39 is 4.92 Å². The molecule has 23 heavy (non-hydrogen) atoms. The van der Waals surface area contributed by atoms with Crippen molar-refractivity contribution in [2.75, 3.05) is 30.9 Å². The highest BCUT2D eigenvalue weighted by atomic mass is 35.5. The third kappa shape index (κ3) is 4.76. The molecule has 0 bridgehead atoms. The number of aromatic nitrogens is 2. The molecule has 0 aliphatic carbocycles. The van der Waals surface area contributed by atoms with Crippen LogP contribution in [0.5, 0.6) is 0 Å². The molecule has 2 rings (SSSR count). The SMILES string of the molecule is COCCNc1ncnc(NCc2ccc(Cl)cc2)c1[N+](=O)[O-]. The fourth-order valence-corrected chi connectivity index (χ4v) is 2.00.